The van der Waals surface area contributed by atoms with E-state index in [9.17, 15) is 13.9 Å². The molecule has 1 N–H and O–H groups in total. The molecule has 17 heavy (non-hydrogen) atoms. The van der Waals surface area contributed by atoms with Crippen molar-refractivity contribution in [1.29, 1.82) is 0 Å². The fraction of sp³-hybridized carbons (Fsp3) is 0.538. The monoisotopic (exact) mass is 241 g/mol. The Bertz CT molecular complexity index is 394. The minimum Gasteiger partial charge on any atom is -0.387 e. The molecule has 0 atom stereocenters. The summed E-state index contributed by atoms with van der Waals surface area (Å²) in [6, 6.07) is 3.52. The first kappa shape index (κ1) is 12.5. The Morgan fingerprint density at radius 3 is 2.24 bits per heavy atom. The number of likely N-dealkylation sites (tertiary alicyclic amines) is 1. The van der Waals surface area contributed by atoms with E-state index in [2.05, 4.69) is 0 Å². The quantitative estimate of drug-likeness (QED) is 0.876. The van der Waals surface area contributed by atoms with Gasteiger partial charge in [0.05, 0.1) is 5.60 Å². The van der Waals surface area contributed by atoms with E-state index in [0.717, 1.165) is 6.07 Å². The third kappa shape index (κ3) is 2.64. The lowest BCUT2D eigenvalue weighted by molar-refractivity contribution is -0.130. The first-order valence-corrected chi connectivity index (χ1v) is 5.79. The molecule has 1 heterocycles. The zero-order valence-corrected chi connectivity index (χ0v) is 10.1. The average Bonchev–Trinajstić information content (AvgIpc) is 2.12. The van der Waals surface area contributed by atoms with Gasteiger partial charge in [0, 0.05) is 25.7 Å². The van der Waals surface area contributed by atoms with Gasteiger partial charge in [0.25, 0.3) is 0 Å². The predicted octanol–water partition coefficient (Wildman–Crippen LogP) is 2.17. The molecule has 1 aliphatic rings. The average molecular weight is 241 g/mol. The Balaban J connectivity index is 1.96. The van der Waals surface area contributed by atoms with Gasteiger partial charge in [0.1, 0.15) is 11.6 Å². The summed E-state index contributed by atoms with van der Waals surface area (Å²) in [4.78, 5) is 1.98. The lowest BCUT2D eigenvalue weighted by atomic mass is 9.83. The Labute approximate surface area is 99.9 Å². The molecule has 0 amide bonds. The van der Waals surface area contributed by atoms with Gasteiger partial charge in [-0.1, -0.05) is 13.8 Å². The van der Waals surface area contributed by atoms with Crippen LogP contribution in [-0.2, 0) is 6.54 Å². The Kier molecular flexibility index (Phi) is 3.19. The highest BCUT2D eigenvalue weighted by Crippen LogP contribution is 2.29. The van der Waals surface area contributed by atoms with Crippen LogP contribution in [0.15, 0.2) is 18.2 Å². The van der Waals surface area contributed by atoms with Crippen molar-refractivity contribution in [3.05, 3.63) is 35.4 Å². The molecular weight excluding hydrogens is 224 g/mol. The van der Waals surface area contributed by atoms with Crippen LogP contribution >= 0.6 is 0 Å². The van der Waals surface area contributed by atoms with E-state index in [4.69, 9.17) is 0 Å². The van der Waals surface area contributed by atoms with Gasteiger partial charge in [-0.25, -0.2) is 8.78 Å². The highest BCUT2D eigenvalue weighted by atomic mass is 19.1. The lowest BCUT2D eigenvalue weighted by Crippen LogP contribution is -2.63. The fourth-order valence-electron chi connectivity index (χ4n) is 2.17. The van der Waals surface area contributed by atoms with Gasteiger partial charge in [-0.05, 0) is 23.6 Å². The number of hydrogen-bond acceptors (Lipinski definition) is 2. The van der Waals surface area contributed by atoms with Crippen LogP contribution in [0.2, 0.25) is 0 Å². The lowest BCUT2D eigenvalue weighted by Gasteiger charge is -2.49. The first-order valence-electron chi connectivity index (χ1n) is 5.79. The fourth-order valence-corrected chi connectivity index (χ4v) is 2.17. The van der Waals surface area contributed by atoms with Gasteiger partial charge < -0.3 is 5.11 Å². The minimum atomic E-state index is -0.647. The van der Waals surface area contributed by atoms with Crippen molar-refractivity contribution in [3.8, 4) is 0 Å². The SMILES string of the molecule is CC(C)C1(O)CN(Cc2cc(F)cc(F)c2)C1. The van der Waals surface area contributed by atoms with E-state index in [-0.39, 0.29) is 5.92 Å². The minimum absolute atomic E-state index is 0.197. The Morgan fingerprint density at radius 2 is 1.76 bits per heavy atom. The summed E-state index contributed by atoms with van der Waals surface area (Å²) in [6.45, 7) is 5.54. The zero-order chi connectivity index (χ0) is 12.6. The van der Waals surface area contributed by atoms with E-state index in [1.165, 1.54) is 12.1 Å². The molecule has 1 saturated heterocycles. The number of benzene rings is 1. The van der Waals surface area contributed by atoms with Crippen molar-refractivity contribution in [1.82, 2.24) is 4.90 Å². The molecule has 2 rings (SSSR count). The van der Waals surface area contributed by atoms with E-state index in [0.29, 0.717) is 25.2 Å². The number of rotatable bonds is 3. The number of nitrogens with zero attached hydrogens (tertiary/aromatic N) is 1. The molecule has 2 nitrogen and oxygen atoms in total. The van der Waals surface area contributed by atoms with E-state index in [1.807, 2.05) is 18.7 Å². The van der Waals surface area contributed by atoms with Gasteiger partial charge >= 0.3 is 0 Å². The van der Waals surface area contributed by atoms with Crippen molar-refractivity contribution in [2.45, 2.75) is 26.0 Å². The van der Waals surface area contributed by atoms with E-state index < -0.39 is 17.2 Å². The van der Waals surface area contributed by atoms with Crippen LogP contribution in [0, 0.1) is 17.6 Å². The second-order valence-corrected chi connectivity index (χ2v) is 5.18. The molecule has 0 spiro atoms. The molecule has 0 aromatic heterocycles. The van der Waals surface area contributed by atoms with Crippen LogP contribution in [0.4, 0.5) is 8.78 Å². The summed E-state index contributed by atoms with van der Waals surface area (Å²) < 4.78 is 25.9. The van der Waals surface area contributed by atoms with E-state index in [1.54, 1.807) is 0 Å². The topological polar surface area (TPSA) is 23.5 Å². The second-order valence-electron chi connectivity index (χ2n) is 5.18. The summed E-state index contributed by atoms with van der Waals surface area (Å²) in [7, 11) is 0. The maximum atomic E-state index is 13.0. The van der Waals surface area contributed by atoms with E-state index >= 15 is 0 Å². The molecular formula is C13H17F2NO. The molecule has 0 saturated carbocycles. The second kappa shape index (κ2) is 4.35. The van der Waals surface area contributed by atoms with Crippen molar-refractivity contribution < 1.29 is 13.9 Å². The van der Waals surface area contributed by atoms with Crippen molar-refractivity contribution in [3.63, 3.8) is 0 Å². The smallest absolute Gasteiger partial charge is 0.126 e. The molecule has 0 unspecified atom stereocenters. The molecule has 0 aliphatic carbocycles. The predicted molar refractivity (Wildman–Crippen MR) is 61.4 cm³/mol. The normalized spacial score (nSPS) is 19.4. The van der Waals surface area contributed by atoms with Gasteiger partial charge in [-0.3, -0.25) is 4.90 Å². The third-order valence-electron chi connectivity index (χ3n) is 3.40. The molecule has 1 aromatic rings. The van der Waals surface area contributed by atoms with Gasteiger partial charge in [0.2, 0.25) is 0 Å². The van der Waals surface area contributed by atoms with Crippen LogP contribution < -0.4 is 0 Å². The highest BCUT2D eigenvalue weighted by molar-refractivity contribution is 5.18. The van der Waals surface area contributed by atoms with Gasteiger partial charge in [-0.15, -0.1) is 0 Å². The van der Waals surface area contributed by atoms with Crippen LogP contribution in [0.5, 0.6) is 0 Å². The largest absolute Gasteiger partial charge is 0.387 e. The number of hydrogen-bond donors (Lipinski definition) is 1. The molecule has 1 aromatic carbocycles. The van der Waals surface area contributed by atoms with Crippen LogP contribution in [0.3, 0.4) is 0 Å². The number of halogens is 2. The Hall–Kier alpha value is -1.00. The third-order valence-corrected chi connectivity index (χ3v) is 3.40. The summed E-state index contributed by atoms with van der Waals surface area (Å²) in [5.74, 6) is -0.915. The molecule has 0 radical (unpaired) electrons. The summed E-state index contributed by atoms with van der Waals surface area (Å²) in [5.41, 5.74) is -0.0420. The molecule has 4 heteroatoms. The summed E-state index contributed by atoms with van der Waals surface area (Å²) >= 11 is 0. The number of aliphatic hydroxyl groups is 1. The standard InChI is InChI=1S/C13H17F2NO/c1-9(2)13(17)7-16(8-13)6-10-3-11(14)5-12(15)4-10/h3-5,9,17H,6-8H2,1-2H3. The van der Waals surface area contributed by atoms with Crippen molar-refractivity contribution in [2.24, 2.45) is 5.92 Å². The molecule has 1 aliphatic heterocycles. The molecule has 0 bridgehead atoms. The Morgan fingerprint density at radius 1 is 1.24 bits per heavy atom. The first-order chi connectivity index (χ1) is 7.89. The maximum Gasteiger partial charge on any atom is 0.126 e. The van der Waals surface area contributed by atoms with Crippen LogP contribution in [0.1, 0.15) is 19.4 Å². The zero-order valence-electron chi connectivity index (χ0n) is 10.1. The highest BCUT2D eigenvalue weighted by Gasteiger charge is 2.43. The van der Waals surface area contributed by atoms with Gasteiger partial charge in [0.15, 0.2) is 0 Å². The van der Waals surface area contributed by atoms with Crippen molar-refractivity contribution >= 4 is 0 Å². The van der Waals surface area contributed by atoms with Gasteiger partial charge in [-0.2, -0.15) is 0 Å². The summed E-state index contributed by atoms with van der Waals surface area (Å²) in [6.07, 6.45) is 0. The van der Waals surface area contributed by atoms with Crippen molar-refractivity contribution in [2.75, 3.05) is 13.1 Å². The molecule has 94 valence electrons. The van der Waals surface area contributed by atoms with Crippen LogP contribution in [0.25, 0.3) is 0 Å². The maximum absolute atomic E-state index is 13.0. The number of β-amino-alcohol motifs (C(OH)–C–C–N with tert-alkyl or cyclic N) is 1. The van der Waals surface area contributed by atoms with Crippen LogP contribution in [-0.4, -0.2) is 28.7 Å². The molecule has 1 fully saturated rings. The summed E-state index contributed by atoms with van der Waals surface area (Å²) in [5, 5.41) is 10.1.